The fraction of sp³-hybridized carbons (Fsp3) is 0.700. The Balaban J connectivity index is 2.02. The second-order valence-electron chi connectivity index (χ2n) is 4.16. The molecule has 0 radical (unpaired) electrons. The Morgan fingerprint density at radius 1 is 1.50 bits per heavy atom. The molecule has 6 heteroatoms. The highest BCUT2D eigenvalue weighted by atomic mass is 16.2. The standard InChI is InChI=1S/C10H14N4O2/c11-4-1-2-6-14-8(15)10(13-9(14)16)3-5-12-7-10/h12H,1-3,5-7H2,(H,13,16). The van der Waals surface area contributed by atoms with Gasteiger partial charge in [0, 0.05) is 19.5 Å². The fourth-order valence-corrected chi connectivity index (χ4v) is 2.18. The fourth-order valence-electron chi connectivity index (χ4n) is 2.18. The van der Waals surface area contributed by atoms with Gasteiger partial charge in [-0.1, -0.05) is 0 Å². The highest BCUT2D eigenvalue weighted by Gasteiger charge is 2.52. The minimum Gasteiger partial charge on any atom is -0.322 e. The van der Waals surface area contributed by atoms with Crippen molar-refractivity contribution in [3.63, 3.8) is 0 Å². The summed E-state index contributed by atoms with van der Waals surface area (Å²) in [6.45, 7) is 1.59. The number of nitrogens with one attached hydrogen (secondary N) is 2. The Bertz CT molecular complexity index is 354. The lowest BCUT2D eigenvalue weighted by Gasteiger charge is -2.18. The molecule has 16 heavy (non-hydrogen) atoms. The molecule has 0 aromatic carbocycles. The topological polar surface area (TPSA) is 85.2 Å². The van der Waals surface area contributed by atoms with Crippen LogP contribution in [0.15, 0.2) is 0 Å². The number of hydrogen-bond donors (Lipinski definition) is 2. The molecule has 1 atom stereocenters. The van der Waals surface area contributed by atoms with Gasteiger partial charge in [0.25, 0.3) is 5.91 Å². The van der Waals surface area contributed by atoms with E-state index in [0.717, 1.165) is 6.54 Å². The lowest BCUT2D eigenvalue weighted by Crippen LogP contribution is -2.48. The molecule has 0 aromatic rings. The monoisotopic (exact) mass is 222 g/mol. The predicted octanol–water partition coefficient (Wildman–Crippen LogP) is -0.426. The number of rotatable bonds is 3. The summed E-state index contributed by atoms with van der Waals surface area (Å²) in [6, 6.07) is 1.67. The van der Waals surface area contributed by atoms with Gasteiger partial charge in [0.2, 0.25) is 0 Å². The first kappa shape index (κ1) is 10.9. The number of carbonyl (C=O) groups is 2. The zero-order valence-corrected chi connectivity index (χ0v) is 8.95. The summed E-state index contributed by atoms with van der Waals surface area (Å²) >= 11 is 0. The molecular formula is C10H14N4O2. The summed E-state index contributed by atoms with van der Waals surface area (Å²) in [7, 11) is 0. The number of nitriles is 1. The molecule has 1 unspecified atom stereocenters. The van der Waals surface area contributed by atoms with Crippen LogP contribution in [0.1, 0.15) is 19.3 Å². The zero-order chi connectivity index (χ0) is 11.6. The van der Waals surface area contributed by atoms with Gasteiger partial charge in [0.15, 0.2) is 0 Å². The molecule has 2 rings (SSSR count). The van der Waals surface area contributed by atoms with Gasteiger partial charge in [-0.3, -0.25) is 9.69 Å². The molecular weight excluding hydrogens is 208 g/mol. The van der Waals surface area contributed by atoms with Crippen LogP contribution in [0.4, 0.5) is 4.79 Å². The molecule has 3 amide bonds. The van der Waals surface area contributed by atoms with Crippen molar-refractivity contribution in [1.29, 1.82) is 5.26 Å². The summed E-state index contributed by atoms with van der Waals surface area (Å²) in [5.41, 5.74) is -0.719. The van der Waals surface area contributed by atoms with Crippen LogP contribution < -0.4 is 10.6 Å². The van der Waals surface area contributed by atoms with Gasteiger partial charge in [0.05, 0.1) is 6.07 Å². The van der Waals surface area contributed by atoms with E-state index in [1.165, 1.54) is 4.90 Å². The lowest BCUT2D eigenvalue weighted by atomic mass is 9.99. The maximum absolute atomic E-state index is 12.1. The van der Waals surface area contributed by atoms with E-state index in [1.54, 1.807) is 0 Å². The smallest absolute Gasteiger partial charge is 0.322 e. The highest BCUT2D eigenvalue weighted by molar-refractivity contribution is 6.07. The summed E-state index contributed by atoms with van der Waals surface area (Å²) in [6.07, 6.45) is 1.55. The average molecular weight is 222 g/mol. The molecule has 1 spiro atoms. The van der Waals surface area contributed by atoms with Gasteiger partial charge in [-0.15, -0.1) is 0 Å². The van der Waals surface area contributed by atoms with Crippen LogP contribution in [0.2, 0.25) is 0 Å². The van der Waals surface area contributed by atoms with Gasteiger partial charge in [-0.05, 0) is 19.4 Å². The van der Waals surface area contributed by atoms with E-state index in [2.05, 4.69) is 10.6 Å². The minimum absolute atomic E-state index is 0.152. The Morgan fingerprint density at radius 2 is 2.31 bits per heavy atom. The zero-order valence-electron chi connectivity index (χ0n) is 8.95. The number of amides is 3. The molecule has 0 aromatic heterocycles. The third-order valence-electron chi connectivity index (χ3n) is 3.07. The largest absolute Gasteiger partial charge is 0.325 e. The Hall–Kier alpha value is -1.61. The van der Waals surface area contributed by atoms with Crippen LogP contribution in [0.5, 0.6) is 0 Å². The summed E-state index contributed by atoms with van der Waals surface area (Å²) in [4.78, 5) is 24.9. The van der Waals surface area contributed by atoms with Crippen molar-refractivity contribution in [2.24, 2.45) is 0 Å². The van der Waals surface area contributed by atoms with Crippen LogP contribution in [0, 0.1) is 11.3 Å². The SMILES string of the molecule is N#CCCCN1C(=O)NC2(CCNC2)C1=O. The maximum Gasteiger partial charge on any atom is 0.325 e. The minimum atomic E-state index is -0.719. The molecule has 6 nitrogen and oxygen atoms in total. The second kappa shape index (κ2) is 4.10. The first-order valence-corrected chi connectivity index (χ1v) is 5.41. The van der Waals surface area contributed by atoms with Crippen LogP contribution >= 0.6 is 0 Å². The Morgan fingerprint density at radius 3 is 2.94 bits per heavy atom. The summed E-state index contributed by atoms with van der Waals surface area (Å²) < 4.78 is 0. The van der Waals surface area contributed by atoms with Gasteiger partial charge in [-0.25, -0.2) is 4.79 Å². The van der Waals surface area contributed by atoms with Crippen molar-refractivity contribution in [3.05, 3.63) is 0 Å². The third-order valence-corrected chi connectivity index (χ3v) is 3.07. The Labute approximate surface area is 93.6 Å². The van der Waals surface area contributed by atoms with Crippen molar-refractivity contribution < 1.29 is 9.59 Å². The second-order valence-corrected chi connectivity index (χ2v) is 4.16. The van der Waals surface area contributed by atoms with E-state index in [4.69, 9.17) is 5.26 Å². The van der Waals surface area contributed by atoms with Crippen LogP contribution in [0.3, 0.4) is 0 Å². The number of hydrogen-bond acceptors (Lipinski definition) is 4. The summed E-state index contributed by atoms with van der Waals surface area (Å²) in [5.74, 6) is -0.152. The maximum atomic E-state index is 12.1. The molecule has 0 bridgehead atoms. The average Bonchev–Trinajstić information content (AvgIpc) is 2.80. The molecule has 86 valence electrons. The number of urea groups is 1. The van der Waals surface area contributed by atoms with Crippen LogP contribution in [-0.4, -0.2) is 42.0 Å². The quantitative estimate of drug-likeness (QED) is 0.501. The number of nitrogens with zero attached hydrogens (tertiary/aromatic N) is 2. The molecule has 2 aliphatic rings. The van der Waals surface area contributed by atoms with Crippen molar-refractivity contribution in [2.45, 2.75) is 24.8 Å². The highest BCUT2D eigenvalue weighted by Crippen LogP contribution is 2.24. The number of imide groups is 1. The van der Waals surface area contributed by atoms with Crippen molar-refractivity contribution in [2.75, 3.05) is 19.6 Å². The van der Waals surface area contributed by atoms with E-state index in [1.807, 2.05) is 6.07 Å². The molecule has 2 fully saturated rings. The predicted molar refractivity (Wildman–Crippen MR) is 55.3 cm³/mol. The number of carbonyl (C=O) groups excluding carboxylic acids is 2. The third kappa shape index (κ3) is 1.63. The van der Waals surface area contributed by atoms with Gasteiger partial charge >= 0.3 is 6.03 Å². The number of unbranched alkanes of at least 4 members (excludes halogenated alkanes) is 1. The molecule has 2 N–H and O–H groups in total. The van der Waals surface area contributed by atoms with Gasteiger partial charge in [-0.2, -0.15) is 5.26 Å². The van der Waals surface area contributed by atoms with Crippen LogP contribution in [0.25, 0.3) is 0 Å². The molecule has 2 aliphatic heterocycles. The van der Waals surface area contributed by atoms with Crippen LogP contribution in [-0.2, 0) is 4.79 Å². The van der Waals surface area contributed by atoms with Crippen molar-refractivity contribution >= 4 is 11.9 Å². The van der Waals surface area contributed by atoms with Gasteiger partial charge < -0.3 is 10.6 Å². The van der Waals surface area contributed by atoms with E-state index in [9.17, 15) is 9.59 Å². The molecule has 2 saturated heterocycles. The van der Waals surface area contributed by atoms with Gasteiger partial charge in [0.1, 0.15) is 5.54 Å². The lowest BCUT2D eigenvalue weighted by molar-refractivity contribution is -0.130. The van der Waals surface area contributed by atoms with E-state index in [-0.39, 0.29) is 11.9 Å². The van der Waals surface area contributed by atoms with Crippen molar-refractivity contribution in [1.82, 2.24) is 15.5 Å². The first-order chi connectivity index (χ1) is 7.69. The van der Waals surface area contributed by atoms with E-state index >= 15 is 0 Å². The first-order valence-electron chi connectivity index (χ1n) is 5.41. The van der Waals surface area contributed by atoms with E-state index < -0.39 is 5.54 Å². The van der Waals surface area contributed by atoms with Crippen molar-refractivity contribution in [3.8, 4) is 6.07 Å². The van der Waals surface area contributed by atoms with E-state index in [0.29, 0.717) is 32.4 Å². The summed E-state index contributed by atoms with van der Waals surface area (Å²) in [5, 5.41) is 14.2. The molecule has 0 aliphatic carbocycles. The Kier molecular flexibility index (Phi) is 2.79. The molecule has 0 saturated carbocycles. The normalized spacial score (nSPS) is 28.6. The molecule has 2 heterocycles.